The Morgan fingerprint density at radius 2 is 1.82 bits per heavy atom. The summed E-state index contributed by atoms with van der Waals surface area (Å²) in [7, 11) is 1.90. The number of hydrogen-bond donors (Lipinski definition) is 0. The summed E-state index contributed by atoms with van der Waals surface area (Å²) < 4.78 is 20.9. The van der Waals surface area contributed by atoms with Gasteiger partial charge in [-0.2, -0.15) is 0 Å². The van der Waals surface area contributed by atoms with E-state index in [4.69, 9.17) is 16.3 Å². The van der Waals surface area contributed by atoms with E-state index in [1.165, 1.54) is 29.5 Å². The molecule has 0 radical (unpaired) electrons. The molecule has 0 aliphatic heterocycles. The lowest BCUT2D eigenvalue weighted by Crippen LogP contribution is -2.10. The molecule has 0 unspecified atom stereocenters. The average Bonchev–Trinajstić information content (AvgIpc) is 2.99. The van der Waals surface area contributed by atoms with Gasteiger partial charge in [0.2, 0.25) is 0 Å². The third-order valence-corrected chi connectivity index (χ3v) is 5.81. The van der Waals surface area contributed by atoms with Crippen LogP contribution in [0.2, 0.25) is 5.02 Å². The molecule has 0 N–H and O–H groups in total. The van der Waals surface area contributed by atoms with Crippen LogP contribution in [-0.4, -0.2) is 14.8 Å². The van der Waals surface area contributed by atoms with Crippen LogP contribution in [0.1, 0.15) is 37.7 Å². The fourth-order valence-electron chi connectivity index (χ4n) is 2.58. The second-order valence-electron chi connectivity index (χ2n) is 7.55. The summed E-state index contributed by atoms with van der Waals surface area (Å²) in [4.78, 5) is 0. The zero-order chi connectivity index (χ0) is 20.3. The van der Waals surface area contributed by atoms with Gasteiger partial charge in [-0.3, -0.25) is 0 Å². The van der Waals surface area contributed by atoms with Gasteiger partial charge in [-0.05, 0) is 40.8 Å². The molecule has 0 bridgehead atoms. The molecular formula is C21H23ClFN3OS. The Balaban J connectivity index is 1.60. The first-order valence-electron chi connectivity index (χ1n) is 8.92. The molecule has 4 nitrogen and oxygen atoms in total. The Bertz CT molecular complexity index is 951. The maximum Gasteiger partial charge on any atom is 0.191 e. The van der Waals surface area contributed by atoms with Crippen molar-refractivity contribution in [1.82, 2.24) is 14.8 Å². The highest BCUT2D eigenvalue weighted by atomic mass is 35.5. The van der Waals surface area contributed by atoms with Gasteiger partial charge in [0.1, 0.15) is 18.2 Å². The Morgan fingerprint density at radius 3 is 2.46 bits per heavy atom. The molecule has 0 fully saturated rings. The molecule has 0 aliphatic carbocycles. The number of benzene rings is 2. The van der Waals surface area contributed by atoms with Gasteiger partial charge in [0.15, 0.2) is 11.0 Å². The quantitative estimate of drug-likeness (QED) is 0.475. The standard InChI is InChI=1S/C21H23ClFN3OS/c1-21(2,3)15-6-9-17(10-7-15)27-12-19-24-25-20(26(19)4)28-13-14-5-8-16(23)11-18(14)22/h5-11H,12-13H2,1-4H3. The molecule has 7 heteroatoms. The van der Waals surface area contributed by atoms with Crippen LogP contribution in [0.25, 0.3) is 0 Å². The van der Waals surface area contributed by atoms with Gasteiger partial charge >= 0.3 is 0 Å². The number of aromatic nitrogens is 3. The highest BCUT2D eigenvalue weighted by Crippen LogP contribution is 2.27. The van der Waals surface area contributed by atoms with E-state index < -0.39 is 0 Å². The fourth-order valence-corrected chi connectivity index (χ4v) is 3.82. The van der Waals surface area contributed by atoms with Crippen molar-refractivity contribution in [3.8, 4) is 5.75 Å². The summed E-state index contributed by atoms with van der Waals surface area (Å²) in [5, 5.41) is 9.59. The van der Waals surface area contributed by atoms with Gasteiger partial charge in [0.25, 0.3) is 0 Å². The SMILES string of the molecule is Cn1c(COc2ccc(C(C)(C)C)cc2)nnc1SCc1ccc(F)cc1Cl. The number of thioether (sulfide) groups is 1. The Kier molecular flexibility index (Phi) is 6.30. The van der Waals surface area contributed by atoms with Crippen LogP contribution in [-0.2, 0) is 24.8 Å². The summed E-state index contributed by atoms with van der Waals surface area (Å²) in [5.74, 6) is 1.77. The number of nitrogens with zero attached hydrogens (tertiary/aromatic N) is 3. The molecule has 0 saturated carbocycles. The second kappa shape index (κ2) is 8.53. The molecule has 2 aromatic carbocycles. The molecule has 0 atom stereocenters. The van der Waals surface area contributed by atoms with Crippen molar-refractivity contribution in [2.75, 3.05) is 0 Å². The highest BCUT2D eigenvalue weighted by molar-refractivity contribution is 7.98. The van der Waals surface area contributed by atoms with Crippen molar-refractivity contribution in [3.63, 3.8) is 0 Å². The maximum absolute atomic E-state index is 13.2. The minimum Gasteiger partial charge on any atom is -0.486 e. The van der Waals surface area contributed by atoms with Crippen molar-refractivity contribution in [3.05, 3.63) is 70.3 Å². The van der Waals surface area contributed by atoms with E-state index in [1.54, 1.807) is 6.07 Å². The molecule has 1 heterocycles. The predicted octanol–water partition coefficient (Wildman–Crippen LogP) is 5.78. The summed E-state index contributed by atoms with van der Waals surface area (Å²) in [5.41, 5.74) is 2.23. The largest absolute Gasteiger partial charge is 0.486 e. The molecule has 1 aromatic heterocycles. The van der Waals surface area contributed by atoms with Crippen LogP contribution in [0.4, 0.5) is 4.39 Å². The van der Waals surface area contributed by atoms with Crippen molar-refractivity contribution >= 4 is 23.4 Å². The molecular weight excluding hydrogens is 397 g/mol. The Morgan fingerprint density at radius 1 is 1.11 bits per heavy atom. The van der Waals surface area contributed by atoms with Gasteiger partial charge in [-0.1, -0.05) is 62.3 Å². The van der Waals surface area contributed by atoms with E-state index in [9.17, 15) is 4.39 Å². The summed E-state index contributed by atoms with van der Waals surface area (Å²) in [6.07, 6.45) is 0. The lowest BCUT2D eigenvalue weighted by Gasteiger charge is -2.19. The topological polar surface area (TPSA) is 39.9 Å². The number of ether oxygens (including phenoxy) is 1. The molecule has 0 aliphatic rings. The third-order valence-electron chi connectivity index (χ3n) is 4.39. The monoisotopic (exact) mass is 419 g/mol. The minimum absolute atomic E-state index is 0.113. The molecule has 28 heavy (non-hydrogen) atoms. The molecule has 3 rings (SSSR count). The minimum atomic E-state index is -0.340. The van der Waals surface area contributed by atoms with Crippen LogP contribution in [0, 0.1) is 5.82 Å². The van der Waals surface area contributed by atoms with Gasteiger partial charge in [-0.15, -0.1) is 10.2 Å². The van der Waals surface area contributed by atoms with Crippen LogP contribution < -0.4 is 4.74 Å². The van der Waals surface area contributed by atoms with Crippen molar-refractivity contribution in [2.45, 2.75) is 43.7 Å². The second-order valence-corrected chi connectivity index (χ2v) is 8.89. The first-order chi connectivity index (χ1) is 13.2. The Labute approximate surface area is 174 Å². The van der Waals surface area contributed by atoms with Crippen LogP contribution >= 0.6 is 23.4 Å². The van der Waals surface area contributed by atoms with Crippen molar-refractivity contribution in [2.24, 2.45) is 7.05 Å². The molecule has 0 amide bonds. The smallest absolute Gasteiger partial charge is 0.191 e. The summed E-state index contributed by atoms with van der Waals surface area (Å²) in [6, 6.07) is 12.5. The average molecular weight is 420 g/mol. The third kappa shape index (κ3) is 5.06. The predicted molar refractivity (Wildman–Crippen MR) is 111 cm³/mol. The lowest BCUT2D eigenvalue weighted by atomic mass is 9.87. The van der Waals surface area contributed by atoms with E-state index in [1.807, 2.05) is 23.7 Å². The van der Waals surface area contributed by atoms with E-state index in [0.717, 1.165) is 22.3 Å². The Hall–Kier alpha value is -2.05. The van der Waals surface area contributed by atoms with Gasteiger partial charge in [0.05, 0.1) is 0 Å². The maximum atomic E-state index is 13.2. The zero-order valence-corrected chi connectivity index (χ0v) is 17.9. The molecule has 148 valence electrons. The number of rotatable bonds is 6. The fraction of sp³-hybridized carbons (Fsp3) is 0.333. The zero-order valence-electron chi connectivity index (χ0n) is 16.4. The van der Waals surface area contributed by atoms with Crippen LogP contribution in [0.3, 0.4) is 0 Å². The van der Waals surface area contributed by atoms with E-state index in [0.29, 0.717) is 17.4 Å². The number of halogens is 2. The van der Waals surface area contributed by atoms with Crippen LogP contribution in [0.5, 0.6) is 5.75 Å². The normalized spacial score (nSPS) is 11.6. The van der Waals surface area contributed by atoms with E-state index in [2.05, 4.69) is 43.1 Å². The lowest BCUT2D eigenvalue weighted by molar-refractivity contribution is 0.290. The molecule has 3 aromatic rings. The first-order valence-corrected chi connectivity index (χ1v) is 10.3. The van der Waals surface area contributed by atoms with Crippen molar-refractivity contribution < 1.29 is 9.13 Å². The van der Waals surface area contributed by atoms with Gasteiger partial charge < -0.3 is 9.30 Å². The number of hydrogen-bond acceptors (Lipinski definition) is 4. The first kappa shape index (κ1) is 20.7. The van der Waals surface area contributed by atoms with Crippen LogP contribution in [0.15, 0.2) is 47.6 Å². The molecule has 0 spiro atoms. The van der Waals surface area contributed by atoms with E-state index >= 15 is 0 Å². The molecule has 0 saturated heterocycles. The van der Waals surface area contributed by atoms with E-state index in [-0.39, 0.29) is 11.2 Å². The van der Waals surface area contributed by atoms with Gasteiger partial charge in [-0.25, -0.2) is 4.39 Å². The van der Waals surface area contributed by atoms with Crippen molar-refractivity contribution in [1.29, 1.82) is 0 Å². The summed E-state index contributed by atoms with van der Waals surface area (Å²) in [6.45, 7) is 6.87. The summed E-state index contributed by atoms with van der Waals surface area (Å²) >= 11 is 7.58. The highest BCUT2D eigenvalue weighted by Gasteiger charge is 2.14. The van der Waals surface area contributed by atoms with Gasteiger partial charge in [0, 0.05) is 17.8 Å².